The molecule has 0 saturated carbocycles. The van der Waals surface area contributed by atoms with E-state index in [1.165, 1.54) is 16.8 Å². The van der Waals surface area contributed by atoms with Crippen molar-refractivity contribution in [2.45, 2.75) is 27.4 Å². The summed E-state index contributed by atoms with van der Waals surface area (Å²) < 4.78 is 5.37. The van der Waals surface area contributed by atoms with Crippen molar-refractivity contribution in [3.8, 4) is 5.88 Å². The van der Waals surface area contributed by atoms with E-state index in [1.54, 1.807) is 7.11 Å². The van der Waals surface area contributed by atoms with Crippen LogP contribution in [0.4, 0.5) is 11.4 Å². The second kappa shape index (κ2) is 8.75. The smallest absolute Gasteiger partial charge is 0.237 e. The van der Waals surface area contributed by atoms with Gasteiger partial charge in [0.2, 0.25) is 5.88 Å². The fraction of sp³-hybridized carbons (Fsp3) is 0.429. The number of hydrogen-bond acceptors (Lipinski definition) is 5. The highest BCUT2D eigenvalue weighted by molar-refractivity contribution is 7.80. The van der Waals surface area contributed by atoms with E-state index in [0.717, 1.165) is 37.4 Å². The molecule has 0 aliphatic carbocycles. The van der Waals surface area contributed by atoms with E-state index in [1.807, 2.05) is 13.0 Å². The van der Waals surface area contributed by atoms with E-state index >= 15 is 0 Å². The molecule has 0 spiro atoms. The summed E-state index contributed by atoms with van der Waals surface area (Å²) in [5, 5.41) is 13.4. The maximum absolute atomic E-state index is 9.51. The fourth-order valence-corrected chi connectivity index (χ4v) is 3.82. The Morgan fingerprint density at radius 1 is 1.11 bits per heavy atom. The molecular formula is C21H28N4O2S. The second-order valence-corrected chi connectivity index (χ2v) is 7.58. The summed E-state index contributed by atoms with van der Waals surface area (Å²) in [5.74, 6) is 0.478. The Bertz CT molecular complexity index is 843. The highest BCUT2D eigenvalue weighted by atomic mass is 32.1. The first-order valence-electron chi connectivity index (χ1n) is 9.46. The molecule has 0 unspecified atom stereocenters. The minimum Gasteiger partial charge on any atom is -0.480 e. The zero-order chi connectivity index (χ0) is 20.3. The van der Waals surface area contributed by atoms with Crippen LogP contribution < -0.4 is 15.0 Å². The molecule has 1 fully saturated rings. The van der Waals surface area contributed by atoms with E-state index < -0.39 is 0 Å². The van der Waals surface area contributed by atoms with Gasteiger partial charge in [-0.05, 0) is 62.3 Å². The lowest BCUT2D eigenvalue weighted by Gasteiger charge is -2.37. The lowest BCUT2D eigenvalue weighted by atomic mass is 10.1. The van der Waals surface area contributed by atoms with Crippen LogP contribution in [0.3, 0.4) is 0 Å². The van der Waals surface area contributed by atoms with Gasteiger partial charge in [-0.15, -0.1) is 0 Å². The number of piperazine rings is 1. The molecule has 0 atom stereocenters. The van der Waals surface area contributed by atoms with Gasteiger partial charge in [0.15, 0.2) is 5.11 Å². The number of aliphatic hydroxyl groups excluding tert-OH is 1. The van der Waals surface area contributed by atoms with E-state index in [-0.39, 0.29) is 6.61 Å². The molecule has 1 aromatic carbocycles. The van der Waals surface area contributed by atoms with Gasteiger partial charge < -0.3 is 25.0 Å². The standard InChI is InChI=1S/C21H28N4O2S/c1-14-9-15(2)11-18(10-14)24-5-7-25(8-6-24)21(28)23-19-12-17(13-26)16(3)22-20(19)27-4/h9-12,26H,5-8,13H2,1-4H3,(H,23,28). The van der Waals surface area contributed by atoms with Crippen molar-refractivity contribution >= 4 is 28.7 Å². The lowest BCUT2D eigenvalue weighted by molar-refractivity contribution is 0.280. The third kappa shape index (κ3) is 4.54. The van der Waals surface area contributed by atoms with Crippen molar-refractivity contribution in [2.75, 3.05) is 43.5 Å². The number of benzene rings is 1. The highest BCUT2D eigenvalue weighted by Crippen LogP contribution is 2.26. The van der Waals surface area contributed by atoms with Crippen LogP contribution in [0.15, 0.2) is 24.3 Å². The number of anilines is 2. The van der Waals surface area contributed by atoms with Crippen molar-refractivity contribution in [3.05, 3.63) is 46.6 Å². The largest absolute Gasteiger partial charge is 0.480 e. The van der Waals surface area contributed by atoms with Crippen LogP contribution in [0.25, 0.3) is 0 Å². The summed E-state index contributed by atoms with van der Waals surface area (Å²) in [6.45, 7) is 9.55. The minimum atomic E-state index is -0.0706. The molecule has 0 amide bonds. The monoisotopic (exact) mass is 400 g/mol. The number of thiocarbonyl (C=S) groups is 1. The van der Waals surface area contributed by atoms with Gasteiger partial charge in [-0.2, -0.15) is 0 Å². The number of aromatic nitrogens is 1. The number of pyridine rings is 1. The first kappa shape index (κ1) is 20.4. The second-order valence-electron chi connectivity index (χ2n) is 7.20. The summed E-state index contributed by atoms with van der Waals surface area (Å²) in [6, 6.07) is 8.51. The maximum Gasteiger partial charge on any atom is 0.237 e. The predicted molar refractivity (Wildman–Crippen MR) is 117 cm³/mol. The highest BCUT2D eigenvalue weighted by Gasteiger charge is 2.21. The van der Waals surface area contributed by atoms with Crippen molar-refractivity contribution in [1.82, 2.24) is 9.88 Å². The maximum atomic E-state index is 9.51. The average molecular weight is 401 g/mol. The Morgan fingerprint density at radius 2 is 1.75 bits per heavy atom. The van der Waals surface area contributed by atoms with Crippen molar-refractivity contribution in [1.29, 1.82) is 0 Å². The van der Waals surface area contributed by atoms with Gasteiger partial charge in [-0.1, -0.05) is 6.07 Å². The molecule has 2 aromatic rings. The molecular weight excluding hydrogens is 372 g/mol. The third-order valence-corrected chi connectivity index (χ3v) is 5.39. The Morgan fingerprint density at radius 3 is 2.32 bits per heavy atom. The summed E-state index contributed by atoms with van der Waals surface area (Å²) in [6.07, 6.45) is 0. The summed E-state index contributed by atoms with van der Waals surface area (Å²) in [5.41, 5.74) is 6.03. The SMILES string of the molecule is COc1nc(C)c(CO)cc1NC(=S)N1CCN(c2cc(C)cc(C)c2)CC1. The van der Waals surface area contributed by atoms with Crippen LogP contribution >= 0.6 is 12.2 Å². The quantitative estimate of drug-likeness (QED) is 0.765. The molecule has 3 rings (SSSR count). The normalized spacial score (nSPS) is 14.2. The van der Waals surface area contributed by atoms with Crippen LogP contribution in [0.1, 0.15) is 22.4 Å². The van der Waals surface area contributed by atoms with Crippen molar-refractivity contribution in [2.24, 2.45) is 0 Å². The topological polar surface area (TPSA) is 60.9 Å². The first-order valence-corrected chi connectivity index (χ1v) is 9.86. The van der Waals surface area contributed by atoms with Crippen LogP contribution in [0.2, 0.25) is 0 Å². The average Bonchev–Trinajstić information content (AvgIpc) is 2.68. The zero-order valence-electron chi connectivity index (χ0n) is 17.0. The van der Waals surface area contributed by atoms with Gasteiger partial charge in [0.05, 0.1) is 13.7 Å². The number of ether oxygens (including phenoxy) is 1. The summed E-state index contributed by atoms with van der Waals surface area (Å²) in [4.78, 5) is 8.96. The summed E-state index contributed by atoms with van der Waals surface area (Å²) >= 11 is 5.62. The van der Waals surface area contributed by atoms with Crippen LogP contribution in [0.5, 0.6) is 5.88 Å². The fourth-order valence-electron chi connectivity index (χ4n) is 3.53. The molecule has 2 heterocycles. The Hall–Kier alpha value is -2.38. The van der Waals surface area contributed by atoms with Crippen molar-refractivity contribution < 1.29 is 9.84 Å². The molecule has 1 aliphatic rings. The molecule has 0 radical (unpaired) electrons. The third-order valence-electron chi connectivity index (χ3n) is 5.03. The Kier molecular flexibility index (Phi) is 6.36. The molecule has 1 saturated heterocycles. The first-order chi connectivity index (χ1) is 13.4. The number of hydrogen-bond donors (Lipinski definition) is 2. The number of nitrogens with zero attached hydrogens (tertiary/aromatic N) is 3. The lowest BCUT2D eigenvalue weighted by Crippen LogP contribution is -2.50. The van der Waals surface area contributed by atoms with Crippen molar-refractivity contribution in [3.63, 3.8) is 0 Å². The summed E-state index contributed by atoms with van der Waals surface area (Å²) in [7, 11) is 1.58. The molecule has 150 valence electrons. The van der Waals surface area contributed by atoms with Crippen LogP contribution in [-0.2, 0) is 6.61 Å². The molecule has 28 heavy (non-hydrogen) atoms. The molecule has 1 aliphatic heterocycles. The number of methoxy groups -OCH3 is 1. The van der Waals surface area contributed by atoms with E-state index in [2.05, 4.69) is 52.1 Å². The Balaban J connectivity index is 1.66. The molecule has 2 N–H and O–H groups in total. The zero-order valence-corrected chi connectivity index (χ0v) is 17.8. The van der Waals surface area contributed by atoms with Gasteiger partial charge in [0.25, 0.3) is 0 Å². The Labute approximate surface area is 172 Å². The van der Waals surface area contributed by atoms with Gasteiger partial charge in [0, 0.05) is 43.1 Å². The number of aliphatic hydroxyl groups is 1. The number of nitrogens with one attached hydrogen (secondary N) is 1. The molecule has 1 aromatic heterocycles. The van der Waals surface area contributed by atoms with E-state index in [9.17, 15) is 5.11 Å². The van der Waals surface area contributed by atoms with Crippen LogP contribution in [-0.4, -0.2) is 53.4 Å². The molecule has 6 nitrogen and oxygen atoms in total. The van der Waals surface area contributed by atoms with Gasteiger partial charge >= 0.3 is 0 Å². The predicted octanol–water partition coefficient (Wildman–Crippen LogP) is 3.03. The number of aryl methyl sites for hydroxylation is 3. The van der Waals surface area contributed by atoms with Gasteiger partial charge in [-0.3, -0.25) is 0 Å². The van der Waals surface area contributed by atoms with E-state index in [4.69, 9.17) is 17.0 Å². The van der Waals surface area contributed by atoms with Crippen LogP contribution in [0, 0.1) is 20.8 Å². The number of rotatable bonds is 4. The van der Waals surface area contributed by atoms with Gasteiger partial charge in [-0.25, -0.2) is 4.98 Å². The minimum absolute atomic E-state index is 0.0706. The van der Waals surface area contributed by atoms with Gasteiger partial charge in [0.1, 0.15) is 5.69 Å². The van der Waals surface area contributed by atoms with E-state index in [0.29, 0.717) is 16.7 Å². The molecule has 7 heteroatoms. The molecule has 0 bridgehead atoms.